The lowest BCUT2D eigenvalue weighted by Crippen LogP contribution is -2.03. The molecule has 0 N–H and O–H groups in total. The van der Waals surface area contributed by atoms with Crippen molar-refractivity contribution in [3.8, 4) is 0 Å². The van der Waals surface area contributed by atoms with Gasteiger partial charge in [0.05, 0.1) is 15.1 Å². The van der Waals surface area contributed by atoms with Gasteiger partial charge in [-0.2, -0.15) is 0 Å². The van der Waals surface area contributed by atoms with E-state index in [4.69, 9.17) is 11.6 Å². The standard InChI is InChI=1S/C11H5ClN2OS2/c12-11-13-6-3-5-17-10(6)8(14-11)9(15)7-2-1-4-16-7/h1-5H. The molecule has 84 valence electrons. The molecule has 3 rings (SSSR count). The minimum atomic E-state index is -0.100. The predicted molar refractivity (Wildman–Crippen MR) is 70.2 cm³/mol. The van der Waals surface area contributed by atoms with E-state index in [0.29, 0.717) is 10.6 Å². The summed E-state index contributed by atoms with van der Waals surface area (Å²) >= 11 is 8.66. The van der Waals surface area contributed by atoms with Crippen LogP contribution in [0.15, 0.2) is 29.0 Å². The minimum Gasteiger partial charge on any atom is -0.286 e. The predicted octanol–water partition coefficient (Wildman–Crippen LogP) is 3.64. The van der Waals surface area contributed by atoms with Crippen LogP contribution in [-0.4, -0.2) is 15.8 Å². The Morgan fingerprint density at radius 3 is 2.82 bits per heavy atom. The van der Waals surface area contributed by atoms with E-state index in [1.807, 2.05) is 22.9 Å². The number of rotatable bonds is 2. The van der Waals surface area contributed by atoms with E-state index in [1.54, 1.807) is 6.07 Å². The summed E-state index contributed by atoms with van der Waals surface area (Å²) in [6.07, 6.45) is 0. The second-order valence-electron chi connectivity index (χ2n) is 3.28. The Kier molecular flexibility index (Phi) is 2.66. The van der Waals surface area contributed by atoms with Crippen LogP contribution in [-0.2, 0) is 0 Å². The first-order chi connectivity index (χ1) is 8.25. The Morgan fingerprint density at radius 1 is 1.18 bits per heavy atom. The van der Waals surface area contributed by atoms with Gasteiger partial charge < -0.3 is 0 Å². The third-order valence-corrected chi connectivity index (χ3v) is 4.18. The average molecular weight is 281 g/mol. The van der Waals surface area contributed by atoms with Crippen LogP contribution >= 0.6 is 34.3 Å². The number of hydrogen-bond donors (Lipinski definition) is 0. The molecule has 0 fully saturated rings. The Hall–Kier alpha value is -1.30. The summed E-state index contributed by atoms with van der Waals surface area (Å²) in [7, 11) is 0. The number of halogens is 1. The molecule has 0 aliphatic heterocycles. The molecule has 17 heavy (non-hydrogen) atoms. The second-order valence-corrected chi connectivity index (χ2v) is 5.48. The fourth-order valence-corrected chi connectivity index (χ4v) is 3.17. The maximum Gasteiger partial charge on any atom is 0.223 e. The van der Waals surface area contributed by atoms with Crippen LogP contribution in [0.5, 0.6) is 0 Å². The van der Waals surface area contributed by atoms with Gasteiger partial charge in [0.15, 0.2) is 0 Å². The molecular weight excluding hydrogens is 276 g/mol. The summed E-state index contributed by atoms with van der Waals surface area (Å²) in [5.74, 6) is -0.100. The van der Waals surface area contributed by atoms with E-state index in [0.717, 1.165) is 10.2 Å². The number of ketones is 1. The molecule has 0 aromatic carbocycles. The first-order valence-corrected chi connectivity index (χ1v) is 6.88. The number of nitrogens with zero attached hydrogens (tertiary/aromatic N) is 2. The summed E-state index contributed by atoms with van der Waals surface area (Å²) in [6.45, 7) is 0. The van der Waals surface area contributed by atoms with Crippen LogP contribution in [0.2, 0.25) is 5.28 Å². The molecule has 0 bridgehead atoms. The van der Waals surface area contributed by atoms with Gasteiger partial charge in [0.25, 0.3) is 0 Å². The summed E-state index contributed by atoms with van der Waals surface area (Å²) in [4.78, 5) is 21.0. The molecule has 3 aromatic heterocycles. The largest absolute Gasteiger partial charge is 0.286 e. The maximum atomic E-state index is 12.2. The van der Waals surface area contributed by atoms with E-state index >= 15 is 0 Å². The van der Waals surface area contributed by atoms with Crippen molar-refractivity contribution in [2.75, 3.05) is 0 Å². The first-order valence-electron chi connectivity index (χ1n) is 4.74. The van der Waals surface area contributed by atoms with Crippen LogP contribution in [0.4, 0.5) is 0 Å². The molecule has 3 aromatic rings. The fraction of sp³-hybridized carbons (Fsp3) is 0. The molecule has 0 unspecified atom stereocenters. The smallest absolute Gasteiger partial charge is 0.223 e. The van der Waals surface area contributed by atoms with Crippen LogP contribution in [0.3, 0.4) is 0 Å². The van der Waals surface area contributed by atoms with Crippen molar-refractivity contribution >= 4 is 50.3 Å². The molecule has 0 atom stereocenters. The number of carbonyl (C=O) groups excluding carboxylic acids is 1. The molecule has 3 nitrogen and oxygen atoms in total. The highest BCUT2D eigenvalue weighted by atomic mass is 35.5. The normalized spacial score (nSPS) is 10.9. The lowest BCUT2D eigenvalue weighted by Gasteiger charge is -1.99. The van der Waals surface area contributed by atoms with E-state index in [2.05, 4.69) is 9.97 Å². The van der Waals surface area contributed by atoms with Crippen LogP contribution in [0.25, 0.3) is 10.2 Å². The van der Waals surface area contributed by atoms with Crippen molar-refractivity contribution in [3.63, 3.8) is 0 Å². The fourth-order valence-electron chi connectivity index (χ4n) is 1.51. The number of aromatic nitrogens is 2. The van der Waals surface area contributed by atoms with Gasteiger partial charge in [0, 0.05) is 0 Å². The maximum absolute atomic E-state index is 12.2. The lowest BCUT2D eigenvalue weighted by molar-refractivity contribution is 0.103. The number of hydrogen-bond acceptors (Lipinski definition) is 5. The molecule has 0 aliphatic carbocycles. The van der Waals surface area contributed by atoms with Gasteiger partial charge in [0.2, 0.25) is 11.1 Å². The summed E-state index contributed by atoms with van der Waals surface area (Å²) in [5.41, 5.74) is 1.10. The number of carbonyl (C=O) groups is 1. The van der Waals surface area contributed by atoms with E-state index in [1.165, 1.54) is 22.7 Å². The Labute approximate surface area is 110 Å². The Balaban J connectivity index is 2.23. The SMILES string of the molecule is O=C(c1cccs1)c1nc(Cl)nc2ccsc12. The third-order valence-electron chi connectivity index (χ3n) is 2.24. The van der Waals surface area contributed by atoms with Crippen molar-refractivity contribution in [1.82, 2.24) is 9.97 Å². The summed E-state index contributed by atoms with van der Waals surface area (Å²) < 4.78 is 0.785. The van der Waals surface area contributed by atoms with Crippen LogP contribution < -0.4 is 0 Å². The molecule has 0 radical (unpaired) electrons. The van der Waals surface area contributed by atoms with Crippen molar-refractivity contribution in [3.05, 3.63) is 44.8 Å². The van der Waals surface area contributed by atoms with Crippen LogP contribution in [0, 0.1) is 0 Å². The third kappa shape index (κ3) is 1.86. The minimum absolute atomic E-state index is 0.100. The molecule has 0 saturated heterocycles. The van der Waals surface area contributed by atoms with E-state index in [9.17, 15) is 4.79 Å². The number of thiophene rings is 2. The van der Waals surface area contributed by atoms with E-state index in [-0.39, 0.29) is 11.1 Å². The van der Waals surface area contributed by atoms with Gasteiger partial charge in [-0.1, -0.05) is 6.07 Å². The van der Waals surface area contributed by atoms with Gasteiger partial charge in [-0.3, -0.25) is 4.79 Å². The molecule has 0 saturated carbocycles. The van der Waals surface area contributed by atoms with Crippen molar-refractivity contribution < 1.29 is 4.79 Å². The quantitative estimate of drug-likeness (QED) is 0.532. The van der Waals surface area contributed by atoms with E-state index < -0.39 is 0 Å². The Bertz CT molecular complexity index is 691. The van der Waals surface area contributed by atoms with Gasteiger partial charge >= 0.3 is 0 Å². The second kappa shape index (κ2) is 4.18. The zero-order chi connectivity index (χ0) is 11.8. The van der Waals surface area contributed by atoms with Crippen molar-refractivity contribution in [2.45, 2.75) is 0 Å². The number of fused-ring (bicyclic) bond motifs is 1. The van der Waals surface area contributed by atoms with Gasteiger partial charge in [-0.05, 0) is 34.5 Å². The first kappa shape index (κ1) is 10.8. The topological polar surface area (TPSA) is 42.9 Å². The van der Waals surface area contributed by atoms with Gasteiger partial charge in [-0.15, -0.1) is 22.7 Å². The molecule has 0 spiro atoms. The molecule has 0 aliphatic rings. The highest BCUT2D eigenvalue weighted by Gasteiger charge is 2.17. The van der Waals surface area contributed by atoms with Crippen molar-refractivity contribution in [1.29, 1.82) is 0 Å². The van der Waals surface area contributed by atoms with Gasteiger partial charge in [-0.25, -0.2) is 9.97 Å². The van der Waals surface area contributed by atoms with Gasteiger partial charge in [0.1, 0.15) is 5.69 Å². The molecule has 6 heteroatoms. The average Bonchev–Trinajstić information content (AvgIpc) is 2.97. The zero-order valence-electron chi connectivity index (χ0n) is 8.38. The summed E-state index contributed by atoms with van der Waals surface area (Å²) in [5, 5.41) is 3.85. The zero-order valence-corrected chi connectivity index (χ0v) is 10.8. The summed E-state index contributed by atoms with van der Waals surface area (Å²) in [6, 6.07) is 5.45. The Morgan fingerprint density at radius 2 is 2.06 bits per heavy atom. The van der Waals surface area contributed by atoms with Crippen molar-refractivity contribution in [2.24, 2.45) is 0 Å². The monoisotopic (exact) mass is 280 g/mol. The molecule has 3 heterocycles. The highest BCUT2D eigenvalue weighted by Crippen LogP contribution is 2.26. The molecule has 0 amide bonds. The van der Waals surface area contributed by atoms with Crippen LogP contribution in [0.1, 0.15) is 15.4 Å². The lowest BCUT2D eigenvalue weighted by atomic mass is 10.2. The highest BCUT2D eigenvalue weighted by molar-refractivity contribution is 7.17. The molecular formula is C11H5ClN2OS2.